The van der Waals surface area contributed by atoms with Crippen LogP contribution in [0.1, 0.15) is 22.3 Å². The van der Waals surface area contributed by atoms with Gasteiger partial charge in [-0.05, 0) is 61.2 Å². The molecule has 2 aromatic carbocycles. The number of carbonyl (C=O) groups is 1. The van der Waals surface area contributed by atoms with Gasteiger partial charge in [0, 0.05) is 6.54 Å². The quantitative estimate of drug-likeness (QED) is 0.907. The molecular formula is C19H21FN2O2. The molecule has 0 fully saturated rings. The van der Waals surface area contributed by atoms with Crippen LogP contribution in [0.3, 0.4) is 0 Å². The Morgan fingerprint density at radius 3 is 2.96 bits per heavy atom. The molecule has 1 heterocycles. The van der Waals surface area contributed by atoms with Crippen molar-refractivity contribution >= 4 is 11.6 Å². The van der Waals surface area contributed by atoms with E-state index >= 15 is 0 Å². The summed E-state index contributed by atoms with van der Waals surface area (Å²) in [6.07, 6.45) is 0.629. The summed E-state index contributed by atoms with van der Waals surface area (Å²) in [5.41, 5.74) is 3.86. The van der Waals surface area contributed by atoms with Crippen LogP contribution in [0.25, 0.3) is 0 Å². The summed E-state index contributed by atoms with van der Waals surface area (Å²) in [5.74, 6) is -0.0417. The number of carbonyl (C=O) groups excluding carboxylic acids is 1. The van der Waals surface area contributed by atoms with Gasteiger partial charge >= 0.3 is 0 Å². The van der Waals surface area contributed by atoms with Crippen molar-refractivity contribution in [3.8, 4) is 5.75 Å². The number of ether oxygens (including phenoxy) is 1. The van der Waals surface area contributed by atoms with Crippen LogP contribution in [0.4, 0.5) is 10.1 Å². The van der Waals surface area contributed by atoms with Crippen LogP contribution in [0, 0.1) is 19.7 Å². The molecule has 0 saturated carbocycles. The Bertz CT molecular complexity index is 774. The summed E-state index contributed by atoms with van der Waals surface area (Å²) < 4.78 is 20.1. The molecule has 5 heteroatoms. The number of rotatable bonds is 4. The molecule has 0 spiro atoms. The topological polar surface area (TPSA) is 50.4 Å². The molecule has 0 unspecified atom stereocenters. The molecule has 0 aliphatic carbocycles. The van der Waals surface area contributed by atoms with E-state index in [1.54, 1.807) is 6.07 Å². The second kappa shape index (κ2) is 7.01. The number of aryl methyl sites for hydroxylation is 2. The first-order valence-corrected chi connectivity index (χ1v) is 8.05. The fourth-order valence-corrected chi connectivity index (χ4v) is 2.82. The smallest absolute Gasteiger partial charge is 0.262 e. The second-order valence-corrected chi connectivity index (χ2v) is 6.10. The minimum absolute atomic E-state index is 0.150. The molecule has 0 atom stereocenters. The van der Waals surface area contributed by atoms with Gasteiger partial charge in [-0.1, -0.05) is 18.2 Å². The fraction of sp³-hybridized carbons (Fsp3) is 0.316. The summed E-state index contributed by atoms with van der Waals surface area (Å²) in [6.45, 7) is 5.14. The van der Waals surface area contributed by atoms with E-state index in [0.717, 1.165) is 23.2 Å². The van der Waals surface area contributed by atoms with Gasteiger partial charge in [0.15, 0.2) is 6.61 Å². The summed E-state index contributed by atoms with van der Waals surface area (Å²) in [5, 5.41) is 5.81. The van der Waals surface area contributed by atoms with Crippen LogP contribution in [-0.2, 0) is 17.8 Å². The zero-order valence-electron chi connectivity index (χ0n) is 13.9. The lowest BCUT2D eigenvalue weighted by molar-refractivity contribution is -0.118. The molecule has 126 valence electrons. The number of hydrogen-bond donors (Lipinski definition) is 2. The minimum atomic E-state index is -0.372. The van der Waals surface area contributed by atoms with Crippen molar-refractivity contribution in [3.05, 3.63) is 58.4 Å². The lowest BCUT2D eigenvalue weighted by atomic mass is 9.99. The van der Waals surface area contributed by atoms with Gasteiger partial charge in [-0.25, -0.2) is 4.39 Å². The Hall–Kier alpha value is -2.40. The van der Waals surface area contributed by atoms with Crippen molar-refractivity contribution in [2.45, 2.75) is 26.8 Å². The van der Waals surface area contributed by atoms with E-state index in [-0.39, 0.29) is 24.0 Å². The SMILES string of the molecule is Cc1ccc(C)c(OCC(=O)Nc2ccc3c(c2F)CCNC3)c1. The van der Waals surface area contributed by atoms with Crippen LogP contribution in [0.2, 0.25) is 0 Å². The number of nitrogens with one attached hydrogen (secondary N) is 2. The molecule has 3 rings (SSSR count). The maximum absolute atomic E-state index is 14.5. The van der Waals surface area contributed by atoms with E-state index < -0.39 is 0 Å². The third kappa shape index (κ3) is 3.57. The lowest BCUT2D eigenvalue weighted by Crippen LogP contribution is -2.26. The van der Waals surface area contributed by atoms with Crippen molar-refractivity contribution in [1.29, 1.82) is 0 Å². The van der Waals surface area contributed by atoms with Crippen molar-refractivity contribution in [1.82, 2.24) is 5.32 Å². The van der Waals surface area contributed by atoms with Gasteiger partial charge in [-0.2, -0.15) is 0 Å². The highest BCUT2D eigenvalue weighted by molar-refractivity contribution is 5.92. The molecule has 24 heavy (non-hydrogen) atoms. The molecule has 0 aromatic heterocycles. The number of hydrogen-bond acceptors (Lipinski definition) is 3. The Morgan fingerprint density at radius 2 is 2.12 bits per heavy atom. The Balaban J connectivity index is 1.66. The van der Waals surface area contributed by atoms with Crippen molar-refractivity contribution < 1.29 is 13.9 Å². The molecule has 1 aliphatic rings. The zero-order valence-corrected chi connectivity index (χ0v) is 13.9. The lowest BCUT2D eigenvalue weighted by Gasteiger charge is -2.19. The maximum Gasteiger partial charge on any atom is 0.262 e. The number of amides is 1. The Morgan fingerprint density at radius 1 is 1.29 bits per heavy atom. The molecule has 1 amide bonds. The molecule has 0 radical (unpaired) electrons. The van der Waals surface area contributed by atoms with Gasteiger partial charge in [0.2, 0.25) is 0 Å². The van der Waals surface area contributed by atoms with Gasteiger partial charge in [0.1, 0.15) is 11.6 Å². The van der Waals surface area contributed by atoms with E-state index in [1.165, 1.54) is 0 Å². The van der Waals surface area contributed by atoms with Crippen LogP contribution in [0.5, 0.6) is 5.75 Å². The van der Waals surface area contributed by atoms with Crippen molar-refractivity contribution in [2.24, 2.45) is 0 Å². The van der Waals surface area contributed by atoms with E-state index in [0.29, 0.717) is 24.3 Å². The number of anilines is 1. The third-order valence-corrected chi connectivity index (χ3v) is 4.18. The van der Waals surface area contributed by atoms with E-state index in [4.69, 9.17) is 4.74 Å². The van der Waals surface area contributed by atoms with Gasteiger partial charge in [0.05, 0.1) is 5.69 Å². The maximum atomic E-state index is 14.5. The van der Waals surface area contributed by atoms with Crippen LogP contribution in [-0.4, -0.2) is 19.1 Å². The fourth-order valence-electron chi connectivity index (χ4n) is 2.82. The highest BCUT2D eigenvalue weighted by Gasteiger charge is 2.17. The number of fused-ring (bicyclic) bond motifs is 1. The molecule has 0 bridgehead atoms. The Labute approximate surface area is 141 Å². The highest BCUT2D eigenvalue weighted by Crippen LogP contribution is 2.24. The average Bonchev–Trinajstić information content (AvgIpc) is 2.58. The van der Waals surface area contributed by atoms with Crippen molar-refractivity contribution in [3.63, 3.8) is 0 Å². The van der Waals surface area contributed by atoms with Gasteiger partial charge < -0.3 is 15.4 Å². The zero-order chi connectivity index (χ0) is 17.1. The first kappa shape index (κ1) is 16.5. The average molecular weight is 328 g/mol. The van der Waals surface area contributed by atoms with Crippen LogP contribution < -0.4 is 15.4 Å². The van der Waals surface area contributed by atoms with Gasteiger partial charge in [0.25, 0.3) is 5.91 Å². The monoisotopic (exact) mass is 328 g/mol. The molecule has 1 aliphatic heterocycles. The van der Waals surface area contributed by atoms with E-state index in [1.807, 2.05) is 38.1 Å². The first-order chi connectivity index (χ1) is 11.5. The van der Waals surface area contributed by atoms with Crippen LogP contribution in [0.15, 0.2) is 30.3 Å². The van der Waals surface area contributed by atoms with E-state index in [2.05, 4.69) is 10.6 Å². The predicted molar refractivity (Wildman–Crippen MR) is 91.9 cm³/mol. The largest absolute Gasteiger partial charge is 0.483 e. The summed E-state index contributed by atoms with van der Waals surface area (Å²) >= 11 is 0. The minimum Gasteiger partial charge on any atom is -0.483 e. The number of halogens is 1. The third-order valence-electron chi connectivity index (χ3n) is 4.18. The van der Waals surface area contributed by atoms with Crippen molar-refractivity contribution in [2.75, 3.05) is 18.5 Å². The molecule has 2 N–H and O–H groups in total. The predicted octanol–water partition coefficient (Wildman–Crippen LogP) is 3.11. The Kier molecular flexibility index (Phi) is 4.81. The molecule has 2 aromatic rings. The van der Waals surface area contributed by atoms with Gasteiger partial charge in [-0.15, -0.1) is 0 Å². The summed E-state index contributed by atoms with van der Waals surface area (Å²) in [4.78, 5) is 12.1. The normalized spacial score (nSPS) is 13.3. The standard InChI is InChI=1S/C19H21FN2O2/c1-12-3-4-13(2)17(9-12)24-11-18(23)22-16-6-5-14-10-21-8-7-15(14)19(16)20/h3-6,9,21H,7-8,10-11H2,1-2H3,(H,22,23). The molecular weight excluding hydrogens is 307 g/mol. The summed E-state index contributed by atoms with van der Waals surface area (Å²) in [7, 11) is 0. The second-order valence-electron chi connectivity index (χ2n) is 6.10. The summed E-state index contributed by atoms with van der Waals surface area (Å²) in [6, 6.07) is 9.27. The van der Waals surface area contributed by atoms with E-state index in [9.17, 15) is 9.18 Å². The highest BCUT2D eigenvalue weighted by atomic mass is 19.1. The first-order valence-electron chi connectivity index (χ1n) is 8.05. The van der Waals surface area contributed by atoms with Gasteiger partial charge in [-0.3, -0.25) is 4.79 Å². The number of benzene rings is 2. The molecule has 4 nitrogen and oxygen atoms in total. The molecule has 0 saturated heterocycles. The van der Waals surface area contributed by atoms with Crippen LogP contribution >= 0.6 is 0 Å².